The Morgan fingerprint density at radius 3 is 2.19 bits per heavy atom. The molecule has 0 spiro atoms. The van der Waals surface area contributed by atoms with Gasteiger partial charge in [-0.25, -0.2) is 0 Å². The highest BCUT2D eigenvalue weighted by molar-refractivity contribution is 5.85. The number of amides is 1. The molecule has 1 amide bonds. The average molecular weight is 319 g/mol. The van der Waals surface area contributed by atoms with E-state index in [1.807, 2.05) is 0 Å². The Hall–Kier alpha value is -0.280. The van der Waals surface area contributed by atoms with Crippen LogP contribution in [-0.2, 0) is 4.79 Å². The molecule has 0 aliphatic carbocycles. The fourth-order valence-corrected chi connectivity index (χ4v) is 3.67. The molecule has 1 aliphatic rings. The predicted molar refractivity (Wildman–Crippen MR) is 92.9 cm³/mol. The number of carbonyl (C=O) groups is 1. The van der Waals surface area contributed by atoms with Crippen molar-refractivity contribution in [2.75, 3.05) is 13.1 Å². The molecule has 1 fully saturated rings. The summed E-state index contributed by atoms with van der Waals surface area (Å²) < 4.78 is 0. The maximum absolute atomic E-state index is 12.3. The molecule has 0 radical (unpaired) electrons. The van der Waals surface area contributed by atoms with Crippen molar-refractivity contribution in [1.82, 2.24) is 10.6 Å². The molecule has 1 aliphatic heterocycles. The Labute approximate surface area is 137 Å². The van der Waals surface area contributed by atoms with Crippen LogP contribution < -0.4 is 10.6 Å². The molecule has 1 unspecified atom stereocenters. The molecule has 1 rings (SSSR count). The van der Waals surface area contributed by atoms with Crippen molar-refractivity contribution in [2.24, 2.45) is 17.3 Å². The van der Waals surface area contributed by atoms with Crippen molar-refractivity contribution >= 4 is 18.3 Å². The van der Waals surface area contributed by atoms with Crippen LogP contribution in [0.3, 0.4) is 0 Å². The zero-order valence-corrected chi connectivity index (χ0v) is 15.5. The SMILES string of the molecule is CC(CC(=O)NC(C)(C)CC(C)(C)C)C1CCNCC1.Cl. The van der Waals surface area contributed by atoms with E-state index in [4.69, 9.17) is 0 Å². The highest BCUT2D eigenvalue weighted by atomic mass is 35.5. The summed E-state index contributed by atoms with van der Waals surface area (Å²) in [4.78, 5) is 12.3. The molecule has 0 saturated carbocycles. The average Bonchev–Trinajstić information content (AvgIpc) is 2.25. The minimum atomic E-state index is -0.122. The Bertz CT molecular complexity index is 317. The Balaban J connectivity index is 0.00000400. The number of carbonyl (C=O) groups excluding carboxylic acids is 1. The normalized spacial score (nSPS) is 18.8. The molecule has 0 aromatic carbocycles. The van der Waals surface area contributed by atoms with Gasteiger partial charge in [0.2, 0.25) is 5.91 Å². The monoisotopic (exact) mass is 318 g/mol. The Kier molecular flexibility index (Phi) is 8.27. The smallest absolute Gasteiger partial charge is 0.220 e. The van der Waals surface area contributed by atoms with Gasteiger partial charge in [0.05, 0.1) is 0 Å². The van der Waals surface area contributed by atoms with Crippen LogP contribution in [0.1, 0.15) is 67.2 Å². The van der Waals surface area contributed by atoms with E-state index in [-0.39, 0.29) is 29.3 Å². The summed E-state index contributed by atoms with van der Waals surface area (Å²) in [6.07, 6.45) is 4.07. The second-order valence-corrected chi connectivity index (χ2v) is 8.44. The first kappa shape index (κ1) is 20.7. The lowest BCUT2D eigenvalue weighted by atomic mass is 9.81. The lowest BCUT2D eigenvalue weighted by molar-refractivity contribution is -0.124. The van der Waals surface area contributed by atoms with Gasteiger partial charge in [-0.05, 0) is 63.5 Å². The third kappa shape index (κ3) is 8.67. The molecule has 3 nitrogen and oxygen atoms in total. The van der Waals surface area contributed by atoms with E-state index in [9.17, 15) is 4.79 Å². The summed E-state index contributed by atoms with van der Waals surface area (Å²) in [5.74, 6) is 1.40. The van der Waals surface area contributed by atoms with Gasteiger partial charge in [-0.1, -0.05) is 27.7 Å². The van der Waals surface area contributed by atoms with Crippen LogP contribution in [0, 0.1) is 17.3 Å². The van der Waals surface area contributed by atoms with Crippen molar-refractivity contribution in [2.45, 2.75) is 72.8 Å². The second-order valence-electron chi connectivity index (χ2n) is 8.44. The van der Waals surface area contributed by atoms with Gasteiger partial charge < -0.3 is 10.6 Å². The van der Waals surface area contributed by atoms with E-state index >= 15 is 0 Å². The van der Waals surface area contributed by atoms with Gasteiger partial charge >= 0.3 is 0 Å². The Morgan fingerprint density at radius 1 is 1.19 bits per heavy atom. The quantitative estimate of drug-likeness (QED) is 0.810. The number of hydrogen-bond acceptors (Lipinski definition) is 2. The molecule has 1 atom stereocenters. The minimum absolute atomic E-state index is 0. The third-order valence-corrected chi connectivity index (χ3v) is 4.15. The minimum Gasteiger partial charge on any atom is -0.351 e. The molecular formula is C17H35ClN2O. The predicted octanol–water partition coefficient (Wildman–Crippen LogP) is 3.77. The van der Waals surface area contributed by atoms with Crippen LogP contribution in [0.15, 0.2) is 0 Å². The first-order valence-corrected chi connectivity index (χ1v) is 8.11. The van der Waals surface area contributed by atoms with Crippen molar-refractivity contribution < 1.29 is 4.79 Å². The lowest BCUT2D eigenvalue weighted by Crippen LogP contribution is -2.46. The van der Waals surface area contributed by atoms with E-state index in [2.05, 4.69) is 52.2 Å². The molecule has 21 heavy (non-hydrogen) atoms. The van der Waals surface area contributed by atoms with Gasteiger partial charge in [0, 0.05) is 12.0 Å². The van der Waals surface area contributed by atoms with Gasteiger partial charge in [-0.15, -0.1) is 12.4 Å². The van der Waals surface area contributed by atoms with Crippen molar-refractivity contribution in [1.29, 1.82) is 0 Å². The number of piperidine rings is 1. The molecule has 1 heterocycles. The van der Waals surface area contributed by atoms with E-state index in [0.717, 1.165) is 19.5 Å². The van der Waals surface area contributed by atoms with Gasteiger partial charge in [-0.3, -0.25) is 4.79 Å². The second kappa shape index (κ2) is 8.38. The van der Waals surface area contributed by atoms with Crippen LogP contribution in [0.4, 0.5) is 0 Å². The lowest BCUT2D eigenvalue weighted by Gasteiger charge is -2.34. The van der Waals surface area contributed by atoms with Crippen LogP contribution in [0.25, 0.3) is 0 Å². The van der Waals surface area contributed by atoms with Crippen molar-refractivity contribution in [3.63, 3.8) is 0 Å². The largest absolute Gasteiger partial charge is 0.351 e. The van der Waals surface area contributed by atoms with E-state index in [1.54, 1.807) is 0 Å². The molecule has 126 valence electrons. The summed E-state index contributed by atoms with van der Waals surface area (Å²) in [5.41, 5.74) is 0.112. The van der Waals surface area contributed by atoms with Crippen molar-refractivity contribution in [3.8, 4) is 0 Å². The highest BCUT2D eigenvalue weighted by Crippen LogP contribution is 2.28. The number of rotatable bonds is 5. The van der Waals surface area contributed by atoms with Crippen LogP contribution in [-0.4, -0.2) is 24.5 Å². The summed E-state index contributed by atoms with van der Waals surface area (Å²) in [5, 5.41) is 6.61. The molecular weight excluding hydrogens is 284 g/mol. The highest BCUT2D eigenvalue weighted by Gasteiger charge is 2.28. The fourth-order valence-electron chi connectivity index (χ4n) is 3.67. The van der Waals surface area contributed by atoms with Gasteiger partial charge in [-0.2, -0.15) is 0 Å². The Morgan fingerprint density at radius 2 is 1.71 bits per heavy atom. The summed E-state index contributed by atoms with van der Waals surface area (Å²) in [6, 6.07) is 0. The van der Waals surface area contributed by atoms with Gasteiger partial charge in [0.15, 0.2) is 0 Å². The molecule has 0 aromatic heterocycles. The first-order valence-electron chi connectivity index (χ1n) is 8.11. The summed E-state index contributed by atoms with van der Waals surface area (Å²) in [6.45, 7) is 15.4. The molecule has 0 aromatic rings. The number of halogens is 1. The molecule has 1 saturated heterocycles. The van der Waals surface area contributed by atoms with E-state index < -0.39 is 0 Å². The number of hydrogen-bond donors (Lipinski definition) is 2. The van der Waals surface area contributed by atoms with E-state index in [0.29, 0.717) is 18.3 Å². The molecule has 4 heteroatoms. The zero-order valence-electron chi connectivity index (χ0n) is 14.7. The first-order chi connectivity index (χ1) is 9.09. The van der Waals surface area contributed by atoms with Gasteiger partial charge in [0.25, 0.3) is 0 Å². The fraction of sp³-hybridized carbons (Fsp3) is 0.941. The van der Waals surface area contributed by atoms with Crippen LogP contribution >= 0.6 is 12.4 Å². The van der Waals surface area contributed by atoms with Crippen LogP contribution in [0.5, 0.6) is 0 Å². The standard InChI is InChI=1S/C17H34N2O.ClH/c1-13(14-7-9-18-10-8-14)11-15(20)19-17(5,6)12-16(2,3)4;/h13-14,18H,7-12H2,1-6H3,(H,19,20);1H. The summed E-state index contributed by atoms with van der Waals surface area (Å²) in [7, 11) is 0. The van der Waals surface area contributed by atoms with Crippen LogP contribution in [0.2, 0.25) is 0 Å². The third-order valence-electron chi connectivity index (χ3n) is 4.15. The number of nitrogens with one attached hydrogen (secondary N) is 2. The molecule has 0 bridgehead atoms. The van der Waals surface area contributed by atoms with E-state index in [1.165, 1.54) is 12.8 Å². The maximum atomic E-state index is 12.3. The van der Waals surface area contributed by atoms with Crippen molar-refractivity contribution in [3.05, 3.63) is 0 Å². The zero-order chi connectivity index (χ0) is 15.4. The molecule has 2 N–H and O–H groups in total. The topological polar surface area (TPSA) is 41.1 Å². The van der Waals surface area contributed by atoms with Gasteiger partial charge in [0.1, 0.15) is 0 Å². The maximum Gasteiger partial charge on any atom is 0.220 e. The summed E-state index contributed by atoms with van der Waals surface area (Å²) >= 11 is 0.